The Hall–Kier alpha value is -0.310. The number of thiocarbonyl (C=S) groups is 1. The molecule has 0 aromatic rings. The summed E-state index contributed by atoms with van der Waals surface area (Å²) < 4.78 is 0. The molecule has 64 valence electrons. The van der Waals surface area contributed by atoms with Crippen molar-refractivity contribution in [1.29, 1.82) is 0 Å². The molecule has 1 aliphatic carbocycles. The van der Waals surface area contributed by atoms with E-state index in [2.05, 4.69) is 17.6 Å². The Bertz CT molecular complexity index is 150. The van der Waals surface area contributed by atoms with E-state index in [9.17, 15) is 0 Å². The van der Waals surface area contributed by atoms with Crippen LogP contribution in [-0.2, 0) is 0 Å². The summed E-state index contributed by atoms with van der Waals surface area (Å²) >= 11 is 5.04. The van der Waals surface area contributed by atoms with Gasteiger partial charge in [0.2, 0.25) is 0 Å². The van der Waals surface area contributed by atoms with Gasteiger partial charge in [-0.05, 0) is 32.0 Å². The Morgan fingerprint density at radius 3 is 2.36 bits per heavy atom. The Kier molecular flexibility index (Phi) is 2.71. The predicted octanol–water partition coefficient (Wildman–Crippen LogP) is 1.41. The summed E-state index contributed by atoms with van der Waals surface area (Å²) in [5.74, 6) is 0. The number of rotatable bonds is 1. The lowest BCUT2D eigenvalue weighted by molar-refractivity contribution is 0.430. The molecular weight excluding hydrogens is 156 g/mol. The van der Waals surface area contributed by atoms with E-state index in [1.807, 2.05) is 7.05 Å². The Morgan fingerprint density at radius 2 is 1.91 bits per heavy atom. The molecule has 3 heteroatoms. The van der Waals surface area contributed by atoms with E-state index >= 15 is 0 Å². The SMILES string of the molecule is CNC(=S)NC1(C)CCCC1. The van der Waals surface area contributed by atoms with Crippen molar-refractivity contribution in [3.63, 3.8) is 0 Å². The zero-order valence-corrected chi connectivity index (χ0v) is 8.05. The van der Waals surface area contributed by atoms with Gasteiger partial charge in [0.05, 0.1) is 0 Å². The van der Waals surface area contributed by atoms with E-state index in [0.29, 0.717) is 0 Å². The minimum atomic E-state index is 0.264. The minimum absolute atomic E-state index is 0.264. The highest BCUT2D eigenvalue weighted by atomic mass is 32.1. The van der Waals surface area contributed by atoms with E-state index < -0.39 is 0 Å². The van der Waals surface area contributed by atoms with Crippen molar-refractivity contribution < 1.29 is 0 Å². The van der Waals surface area contributed by atoms with Crippen LogP contribution < -0.4 is 10.6 Å². The third-order valence-corrected chi connectivity index (χ3v) is 2.66. The van der Waals surface area contributed by atoms with Gasteiger partial charge < -0.3 is 10.6 Å². The van der Waals surface area contributed by atoms with E-state index in [1.54, 1.807) is 0 Å². The molecule has 1 rings (SSSR count). The third kappa shape index (κ3) is 2.33. The Balaban J connectivity index is 2.39. The minimum Gasteiger partial charge on any atom is -0.366 e. The second-order valence-corrected chi connectivity index (χ2v) is 3.88. The van der Waals surface area contributed by atoms with E-state index in [0.717, 1.165) is 5.11 Å². The monoisotopic (exact) mass is 172 g/mol. The van der Waals surface area contributed by atoms with E-state index in [4.69, 9.17) is 12.2 Å². The molecule has 0 unspecified atom stereocenters. The van der Waals surface area contributed by atoms with Gasteiger partial charge in [0.15, 0.2) is 5.11 Å². The largest absolute Gasteiger partial charge is 0.366 e. The van der Waals surface area contributed by atoms with Crippen molar-refractivity contribution >= 4 is 17.3 Å². The number of hydrogen-bond acceptors (Lipinski definition) is 1. The van der Waals surface area contributed by atoms with Crippen LogP contribution in [0.25, 0.3) is 0 Å². The first-order valence-corrected chi connectivity index (χ1v) is 4.57. The lowest BCUT2D eigenvalue weighted by Gasteiger charge is -2.26. The van der Waals surface area contributed by atoms with Crippen molar-refractivity contribution in [2.24, 2.45) is 0 Å². The third-order valence-electron chi connectivity index (χ3n) is 2.35. The second-order valence-electron chi connectivity index (χ2n) is 3.47. The summed E-state index contributed by atoms with van der Waals surface area (Å²) in [6.07, 6.45) is 5.15. The number of hydrogen-bond donors (Lipinski definition) is 2. The van der Waals surface area contributed by atoms with Gasteiger partial charge in [0, 0.05) is 12.6 Å². The standard InChI is InChI=1S/C8H16N2S/c1-8(5-3-4-6-8)10-7(11)9-2/h3-6H2,1-2H3,(H2,9,10,11). The zero-order valence-electron chi connectivity index (χ0n) is 7.24. The van der Waals surface area contributed by atoms with Gasteiger partial charge in [0.1, 0.15) is 0 Å². The summed E-state index contributed by atoms with van der Waals surface area (Å²) in [6.45, 7) is 2.24. The summed E-state index contributed by atoms with van der Waals surface area (Å²) in [6, 6.07) is 0. The summed E-state index contributed by atoms with van der Waals surface area (Å²) in [5.41, 5.74) is 0.264. The lowest BCUT2D eigenvalue weighted by atomic mass is 10.0. The fourth-order valence-corrected chi connectivity index (χ4v) is 1.86. The van der Waals surface area contributed by atoms with Crippen molar-refractivity contribution in [1.82, 2.24) is 10.6 Å². The number of nitrogens with one attached hydrogen (secondary N) is 2. The van der Waals surface area contributed by atoms with Crippen LogP contribution in [-0.4, -0.2) is 17.7 Å². The van der Waals surface area contributed by atoms with Gasteiger partial charge >= 0.3 is 0 Å². The van der Waals surface area contributed by atoms with Crippen LogP contribution in [0.15, 0.2) is 0 Å². The maximum Gasteiger partial charge on any atom is 0.166 e. The summed E-state index contributed by atoms with van der Waals surface area (Å²) in [5, 5.41) is 7.04. The maximum absolute atomic E-state index is 5.04. The quantitative estimate of drug-likeness (QED) is 0.585. The molecule has 2 N–H and O–H groups in total. The normalized spacial score (nSPS) is 21.3. The van der Waals surface area contributed by atoms with Crippen LogP contribution in [0.2, 0.25) is 0 Å². The fourth-order valence-electron chi connectivity index (χ4n) is 1.62. The average molecular weight is 172 g/mol. The topological polar surface area (TPSA) is 24.1 Å². The molecule has 0 aromatic heterocycles. The van der Waals surface area contributed by atoms with Crippen molar-refractivity contribution in [3.05, 3.63) is 0 Å². The van der Waals surface area contributed by atoms with Crippen molar-refractivity contribution in [2.45, 2.75) is 38.1 Å². The molecule has 0 spiro atoms. The highest BCUT2D eigenvalue weighted by Gasteiger charge is 2.28. The maximum atomic E-state index is 5.04. The fraction of sp³-hybridized carbons (Fsp3) is 0.875. The second kappa shape index (κ2) is 3.39. The lowest BCUT2D eigenvalue weighted by Crippen LogP contribution is -2.47. The molecule has 2 nitrogen and oxygen atoms in total. The van der Waals surface area contributed by atoms with Crippen LogP contribution in [0.1, 0.15) is 32.6 Å². The summed E-state index contributed by atoms with van der Waals surface area (Å²) in [4.78, 5) is 0. The molecular formula is C8H16N2S. The Morgan fingerprint density at radius 1 is 1.36 bits per heavy atom. The molecule has 1 aliphatic rings. The molecule has 0 saturated heterocycles. The molecule has 0 amide bonds. The molecule has 0 heterocycles. The molecule has 0 bridgehead atoms. The molecule has 1 fully saturated rings. The molecule has 0 atom stereocenters. The van der Waals surface area contributed by atoms with Crippen LogP contribution in [0.3, 0.4) is 0 Å². The van der Waals surface area contributed by atoms with Crippen molar-refractivity contribution in [3.8, 4) is 0 Å². The van der Waals surface area contributed by atoms with Crippen molar-refractivity contribution in [2.75, 3.05) is 7.05 Å². The van der Waals surface area contributed by atoms with Gasteiger partial charge in [-0.25, -0.2) is 0 Å². The van der Waals surface area contributed by atoms with Gasteiger partial charge in [0.25, 0.3) is 0 Å². The first-order chi connectivity index (χ1) is 5.16. The first-order valence-electron chi connectivity index (χ1n) is 4.16. The van der Waals surface area contributed by atoms with E-state index in [-0.39, 0.29) is 5.54 Å². The van der Waals surface area contributed by atoms with Crippen LogP contribution in [0, 0.1) is 0 Å². The van der Waals surface area contributed by atoms with Gasteiger partial charge in [-0.2, -0.15) is 0 Å². The van der Waals surface area contributed by atoms with Crippen LogP contribution >= 0.6 is 12.2 Å². The zero-order chi connectivity index (χ0) is 8.32. The average Bonchev–Trinajstić information content (AvgIpc) is 2.36. The van der Waals surface area contributed by atoms with Gasteiger partial charge in [-0.15, -0.1) is 0 Å². The van der Waals surface area contributed by atoms with Crippen LogP contribution in [0.4, 0.5) is 0 Å². The Labute approximate surface area is 73.7 Å². The smallest absolute Gasteiger partial charge is 0.166 e. The van der Waals surface area contributed by atoms with E-state index in [1.165, 1.54) is 25.7 Å². The molecule has 0 aliphatic heterocycles. The molecule has 0 radical (unpaired) electrons. The first kappa shape index (κ1) is 8.78. The van der Waals surface area contributed by atoms with Gasteiger partial charge in [-0.3, -0.25) is 0 Å². The summed E-state index contributed by atoms with van der Waals surface area (Å²) in [7, 11) is 1.85. The molecule has 1 saturated carbocycles. The highest BCUT2D eigenvalue weighted by molar-refractivity contribution is 7.80. The molecule has 0 aromatic carbocycles. The van der Waals surface area contributed by atoms with Crippen LogP contribution in [0.5, 0.6) is 0 Å². The predicted molar refractivity (Wildman–Crippen MR) is 51.7 cm³/mol. The van der Waals surface area contributed by atoms with Gasteiger partial charge in [-0.1, -0.05) is 12.8 Å². The molecule has 11 heavy (non-hydrogen) atoms. The highest BCUT2D eigenvalue weighted by Crippen LogP contribution is 2.28.